The van der Waals surface area contributed by atoms with Crippen LogP contribution in [0.3, 0.4) is 0 Å². The summed E-state index contributed by atoms with van der Waals surface area (Å²) in [5, 5.41) is 9.23. The predicted octanol–water partition coefficient (Wildman–Crippen LogP) is 1.97. The van der Waals surface area contributed by atoms with Gasteiger partial charge in [0, 0.05) is 13.7 Å². The summed E-state index contributed by atoms with van der Waals surface area (Å²) in [6.07, 6.45) is 1.34. The summed E-state index contributed by atoms with van der Waals surface area (Å²) in [5.74, 6) is -1.38. The molecule has 0 saturated carbocycles. The lowest BCUT2D eigenvalue weighted by molar-refractivity contribution is -0.139. The van der Waals surface area contributed by atoms with Gasteiger partial charge in [0.25, 0.3) is 5.91 Å². The zero-order valence-electron chi connectivity index (χ0n) is 18.2. The number of hydrogen-bond donors (Lipinski definition) is 3. The minimum Gasteiger partial charge on any atom is -0.490 e. The predicted molar refractivity (Wildman–Crippen MR) is 124 cm³/mol. The number of carbonyl (C=O) groups excluding carboxylic acids is 3. The zero-order chi connectivity index (χ0) is 24.1. The van der Waals surface area contributed by atoms with Crippen LogP contribution in [0.5, 0.6) is 11.5 Å². The first-order valence-corrected chi connectivity index (χ1v) is 10.4. The Labute approximate surface area is 196 Å². The van der Waals surface area contributed by atoms with E-state index in [1.807, 2.05) is 0 Å². The van der Waals surface area contributed by atoms with Crippen molar-refractivity contribution in [2.75, 3.05) is 38.8 Å². The number of methoxy groups -OCH3 is 1. The average molecular weight is 477 g/mol. The lowest BCUT2D eigenvalue weighted by Gasteiger charge is -2.13. The Hall–Kier alpha value is -3.63. The topological polar surface area (TPSA) is 127 Å². The van der Waals surface area contributed by atoms with E-state index in [4.69, 9.17) is 25.8 Å². The number of anilines is 1. The minimum atomic E-state index is -0.906. The number of carbonyl (C=O) groups is 3. The molecule has 0 spiro atoms. The van der Waals surface area contributed by atoms with Gasteiger partial charge in [-0.25, -0.2) is 5.43 Å². The van der Waals surface area contributed by atoms with E-state index in [2.05, 4.69) is 21.2 Å². The van der Waals surface area contributed by atoms with Gasteiger partial charge in [-0.1, -0.05) is 23.7 Å². The summed E-state index contributed by atoms with van der Waals surface area (Å²) in [5.41, 5.74) is 3.19. The van der Waals surface area contributed by atoms with E-state index in [1.54, 1.807) is 49.4 Å². The second-order valence-electron chi connectivity index (χ2n) is 6.40. The normalized spacial score (nSPS) is 10.5. The quantitative estimate of drug-likeness (QED) is 0.197. The van der Waals surface area contributed by atoms with Gasteiger partial charge in [0.1, 0.15) is 0 Å². The number of rotatable bonds is 11. The van der Waals surface area contributed by atoms with Crippen LogP contribution in [0.2, 0.25) is 5.02 Å². The van der Waals surface area contributed by atoms with Gasteiger partial charge in [0.15, 0.2) is 18.1 Å². The van der Waals surface area contributed by atoms with E-state index in [0.717, 1.165) is 0 Å². The highest BCUT2D eigenvalue weighted by Crippen LogP contribution is 2.28. The highest BCUT2D eigenvalue weighted by molar-refractivity contribution is 6.35. The van der Waals surface area contributed by atoms with E-state index in [1.165, 1.54) is 13.3 Å². The summed E-state index contributed by atoms with van der Waals surface area (Å²) < 4.78 is 15.9. The van der Waals surface area contributed by atoms with Gasteiger partial charge in [-0.3, -0.25) is 14.4 Å². The number of nitrogens with zero attached hydrogens (tertiary/aromatic N) is 1. The maximum atomic E-state index is 12.2. The van der Waals surface area contributed by atoms with Crippen molar-refractivity contribution in [3.05, 3.63) is 53.1 Å². The van der Waals surface area contributed by atoms with Crippen LogP contribution >= 0.6 is 11.6 Å². The van der Waals surface area contributed by atoms with Crippen LogP contribution < -0.4 is 25.5 Å². The molecule has 3 amide bonds. The van der Waals surface area contributed by atoms with Gasteiger partial charge < -0.3 is 24.8 Å². The Balaban J connectivity index is 1.94. The lowest BCUT2D eigenvalue weighted by Crippen LogP contribution is -2.39. The molecule has 2 aromatic rings. The average Bonchev–Trinajstić information content (AvgIpc) is 2.80. The molecule has 2 rings (SSSR count). The second kappa shape index (κ2) is 13.7. The second-order valence-corrected chi connectivity index (χ2v) is 6.81. The van der Waals surface area contributed by atoms with Gasteiger partial charge in [-0.05, 0) is 42.8 Å². The monoisotopic (exact) mass is 476 g/mol. The number of hydrazone groups is 1. The summed E-state index contributed by atoms with van der Waals surface area (Å²) in [4.78, 5) is 35.4. The van der Waals surface area contributed by atoms with Crippen LogP contribution in [0.4, 0.5) is 5.69 Å². The highest BCUT2D eigenvalue weighted by atomic mass is 35.5. The van der Waals surface area contributed by atoms with Crippen LogP contribution in [0.15, 0.2) is 47.6 Å². The van der Waals surface area contributed by atoms with Crippen LogP contribution in [0.25, 0.3) is 0 Å². The highest BCUT2D eigenvalue weighted by Gasteiger charge is 2.12. The van der Waals surface area contributed by atoms with E-state index in [9.17, 15) is 14.4 Å². The molecule has 0 atom stereocenters. The van der Waals surface area contributed by atoms with Crippen molar-refractivity contribution in [1.82, 2.24) is 10.7 Å². The summed E-state index contributed by atoms with van der Waals surface area (Å²) in [7, 11) is 1.48. The molecule has 10 nitrogen and oxygen atoms in total. The molecule has 0 unspecified atom stereocenters. The molecule has 0 fully saturated rings. The molecule has 33 heavy (non-hydrogen) atoms. The Bertz CT molecular complexity index is 999. The first kappa shape index (κ1) is 25.6. The zero-order valence-corrected chi connectivity index (χ0v) is 19.0. The molecular weight excluding hydrogens is 452 g/mol. The van der Waals surface area contributed by atoms with Gasteiger partial charge in [-0.15, -0.1) is 0 Å². The van der Waals surface area contributed by atoms with Crippen molar-refractivity contribution in [1.29, 1.82) is 0 Å². The molecule has 2 aromatic carbocycles. The van der Waals surface area contributed by atoms with Crippen LogP contribution in [-0.2, 0) is 19.1 Å². The van der Waals surface area contributed by atoms with Gasteiger partial charge in [0.2, 0.25) is 0 Å². The first-order chi connectivity index (χ1) is 15.9. The molecule has 0 aliphatic heterocycles. The SMILES string of the molecule is CCOc1cc(/C=N\NC(=O)C(=O)NCCOC)ccc1OCC(=O)Nc1ccccc1Cl. The minimum absolute atomic E-state index is 0.210. The van der Waals surface area contributed by atoms with Crippen LogP contribution in [-0.4, -0.2) is 57.4 Å². The Morgan fingerprint density at radius 3 is 2.58 bits per heavy atom. The third kappa shape index (κ3) is 8.79. The Morgan fingerprint density at radius 1 is 1.06 bits per heavy atom. The smallest absolute Gasteiger partial charge is 0.329 e. The van der Waals surface area contributed by atoms with Gasteiger partial charge in [-0.2, -0.15) is 5.10 Å². The number of ether oxygens (including phenoxy) is 3. The van der Waals surface area contributed by atoms with E-state index >= 15 is 0 Å². The Morgan fingerprint density at radius 2 is 1.85 bits per heavy atom. The summed E-state index contributed by atoms with van der Waals surface area (Å²) in [6.45, 7) is 2.41. The molecular formula is C22H25ClN4O6. The lowest BCUT2D eigenvalue weighted by atomic mass is 10.2. The summed E-state index contributed by atoms with van der Waals surface area (Å²) >= 11 is 6.03. The van der Waals surface area contributed by atoms with E-state index < -0.39 is 11.8 Å². The first-order valence-electron chi connectivity index (χ1n) is 9.98. The number of hydrogen-bond acceptors (Lipinski definition) is 7. The maximum absolute atomic E-state index is 12.2. The molecule has 3 N–H and O–H groups in total. The van der Waals surface area contributed by atoms with Crippen molar-refractivity contribution >= 4 is 41.2 Å². The molecule has 0 radical (unpaired) electrons. The fourth-order valence-electron chi connectivity index (χ4n) is 2.45. The third-order valence-corrected chi connectivity index (χ3v) is 4.28. The van der Waals surface area contributed by atoms with Gasteiger partial charge in [0.05, 0.1) is 30.1 Å². The number of para-hydroxylation sites is 1. The number of nitrogens with one attached hydrogen (secondary N) is 3. The van der Waals surface area contributed by atoms with Crippen molar-refractivity contribution in [3.63, 3.8) is 0 Å². The number of halogens is 1. The molecule has 0 aliphatic carbocycles. The van der Waals surface area contributed by atoms with Gasteiger partial charge >= 0.3 is 11.8 Å². The molecule has 0 bridgehead atoms. The fourth-order valence-corrected chi connectivity index (χ4v) is 2.63. The van der Waals surface area contributed by atoms with Crippen molar-refractivity contribution < 1.29 is 28.6 Å². The van der Waals surface area contributed by atoms with Crippen molar-refractivity contribution in [2.24, 2.45) is 5.10 Å². The fraction of sp³-hybridized carbons (Fsp3) is 0.273. The van der Waals surface area contributed by atoms with E-state index in [-0.39, 0.29) is 19.1 Å². The molecule has 11 heteroatoms. The Kier molecular flexibility index (Phi) is 10.6. The van der Waals surface area contributed by atoms with Crippen LogP contribution in [0.1, 0.15) is 12.5 Å². The maximum Gasteiger partial charge on any atom is 0.329 e. The van der Waals surface area contributed by atoms with Crippen molar-refractivity contribution in [2.45, 2.75) is 6.92 Å². The number of amides is 3. The molecule has 0 aromatic heterocycles. The van der Waals surface area contributed by atoms with E-state index in [0.29, 0.717) is 41.0 Å². The molecule has 0 heterocycles. The number of benzene rings is 2. The summed E-state index contributed by atoms with van der Waals surface area (Å²) in [6, 6.07) is 11.7. The molecule has 176 valence electrons. The standard InChI is InChI=1S/C22H25ClN4O6/c1-3-32-19-12-15(13-25-27-22(30)21(29)24-10-11-31-2)8-9-18(19)33-14-20(28)26-17-7-5-4-6-16(17)23/h4-9,12-13H,3,10-11,14H2,1-2H3,(H,24,29)(H,26,28)(H,27,30)/b25-13-. The molecule has 0 aliphatic rings. The largest absolute Gasteiger partial charge is 0.490 e. The third-order valence-electron chi connectivity index (χ3n) is 3.95. The van der Waals surface area contributed by atoms with Crippen LogP contribution in [0, 0.1) is 0 Å². The van der Waals surface area contributed by atoms with Crippen molar-refractivity contribution in [3.8, 4) is 11.5 Å². The molecule has 0 saturated heterocycles.